The molecule has 2 saturated heterocycles. The summed E-state index contributed by atoms with van der Waals surface area (Å²) in [6.07, 6.45) is 8.06. The first-order valence-electron chi connectivity index (χ1n) is 8.08. The van der Waals surface area contributed by atoms with Crippen LogP contribution in [0.2, 0.25) is 0 Å². The van der Waals surface area contributed by atoms with Crippen LogP contribution in [0.3, 0.4) is 0 Å². The van der Waals surface area contributed by atoms with E-state index in [1.165, 1.54) is 38.5 Å². The molecule has 0 aromatic carbocycles. The van der Waals surface area contributed by atoms with E-state index in [9.17, 15) is 5.11 Å². The normalized spacial score (nSPS) is 36.5. The predicted octanol–water partition coefficient (Wildman–Crippen LogP) is 1.09. The van der Waals surface area contributed by atoms with Crippen molar-refractivity contribution in [1.82, 2.24) is 9.80 Å². The molecule has 1 N–H and O–H groups in total. The molecular formula is C15H28N2O2. The molecule has 3 rings (SSSR count). The van der Waals surface area contributed by atoms with Crippen molar-refractivity contribution < 1.29 is 9.84 Å². The van der Waals surface area contributed by atoms with Gasteiger partial charge in [-0.1, -0.05) is 25.7 Å². The van der Waals surface area contributed by atoms with E-state index in [2.05, 4.69) is 9.80 Å². The second-order valence-corrected chi connectivity index (χ2v) is 6.38. The van der Waals surface area contributed by atoms with Crippen molar-refractivity contribution in [3.8, 4) is 0 Å². The van der Waals surface area contributed by atoms with Gasteiger partial charge in [-0.3, -0.25) is 9.80 Å². The minimum absolute atomic E-state index is 0.165. The Hall–Kier alpha value is -0.160. The Balaban J connectivity index is 1.57. The summed E-state index contributed by atoms with van der Waals surface area (Å²) in [6.45, 7) is 5.57. The molecule has 0 aromatic rings. The lowest BCUT2D eigenvalue weighted by Crippen LogP contribution is -2.49. The van der Waals surface area contributed by atoms with Crippen LogP contribution in [-0.2, 0) is 4.74 Å². The van der Waals surface area contributed by atoms with Crippen molar-refractivity contribution in [1.29, 1.82) is 0 Å². The number of nitrogens with zero attached hydrogens (tertiary/aromatic N) is 2. The van der Waals surface area contributed by atoms with E-state index in [1.807, 2.05) is 0 Å². The first-order chi connectivity index (χ1) is 9.34. The Bertz CT molecular complexity index is 273. The maximum atomic E-state index is 10.4. The summed E-state index contributed by atoms with van der Waals surface area (Å²) in [5.74, 6) is 0. The highest BCUT2D eigenvalue weighted by Crippen LogP contribution is 2.27. The van der Waals surface area contributed by atoms with Gasteiger partial charge in [-0.05, 0) is 12.8 Å². The van der Waals surface area contributed by atoms with Gasteiger partial charge in [0.1, 0.15) is 0 Å². The van der Waals surface area contributed by atoms with Crippen molar-refractivity contribution >= 4 is 0 Å². The second-order valence-electron chi connectivity index (χ2n) is 6.38. The molecule has 2 heterocycles. The number of morpholine rings is 1. The number of rotatable bonds is 2. The lowest BCUT2D eigenvalue weighted by Gasteiger charge is -2.34. The molecule has 4 nitrogen and oxygen atoms in total. The Morgan fingerprint density at radius 2 is 1.53 bits per heavy atom. The molecular weight excluding hydrogens is 240 g/mol. The Morgan fingerprint density at radius 1 is 0.842 bits per heavy atom. The highest BCUT2D eigenvalue weighted by atomic mass is 16.5. The van der Waals surface area contributed by atoms with E-state index in [0.29, 0.717) is 6.04 Å². The molecule has 0 amide bonds. The standard InChI is InChI=1S/C15H28N2O2/c18-15-12-17(13-5-3-1-2-4-6-13)11-14(15)16-7-9-19-10-8-16/h13-15,18H,1-12H2/t14-,15-/m0/s1. The largest absolute Gasteiger partial charge is 0.390 e. The van der Waals surface area contributed by atoms with Crippen LogP contribution < -0.4 is 0 Å². The summed E-state index contributed by atoms with van der Waals surface area (Å²) in [4.78, 5) is 5.00. The summed E-state index contributed by atoms with van der Waals surface area (Å²) in [5, 5.41) is 10.4. The zero-order valence-corrected chi connectivity index (χ0v) is 12.0. The first kappa shape index (κ1) is 13.8. The summed E-state index contributed by atoms with van der Waals surface area (Å²) < 4.78 is 5.42. The SMILES string of the molecule is O[C@H]1CN(C2CCCCCC2)C[C@@H]1N1CCOCC1. The number of β-amino-alcohol motifs (C(OH)–C–C–N with tert-alkyl or cyclic N) is 1. The molecule has 0 radical (unpaired) electrons. The van der Waals surface area contributed by atoms with Crippen LogP contribution in [0.15, 0.2) is 0 Å². The van der Waals surface area contributed by atoms with Gasteiger partial charge in [-0.15, -0.1) is 0 Å². The van der Waals surface area contributed by atoms with Crippen LogP contribution in [0.1, 0.15) is 38.5 Å². The van der Waals surface area contributed by atoms with E-state index in [-0.39, 0.29) is 6.10 Å². The molecule has 3 aliphatic rings. The molecule has 4 heteroatoms. The average molecular weight is 268 g/mol. The van der Waals surface area contributed by atoms with Crippen molar-refractivity contribution in [2.24, 2.45) is 0 Å². The monoisotopic (exact) mass is 268 g/mol. The molecule has 1 saturated carbocycles. The number of aliphatic hydroxyl groups excluding tert-OH is 1. The van der Waals surface area contributed by atoms with E-state index < -0.39 is 0 Å². The van der Waals surface area contributed by atoms with Crippen LogP contribution >= 0.6 is 0 Å². The molecule has 3 fully saturated rings. The third-order valence-corrected chi connectivity index (χ3v) is 5.14. The van der Waals surface area contributed by atoms with E-state index in [0.717, 1.165) is 45.4 Å². The van der Waals surface area contributed by atoms with Gasteiger partial charge in [-0.2, -0.15) is 0 Å². The molecule has 2 atom stereocenters. The van der Waals surface area contributed by atoms with Crippen LogP contribution in [0.25, 0.3) is 0 Å². The van der Waals surface area contributed by atoms with Crippen LogP contribution in [0.5, 0.6) is 0 Å². The number of ether oxygens (including phenoxy) is 1. The number of aliphatic hydroxyl groups is 1. The third kappa shape index (κ3) is 3.30. The zero-order valence-electron chi connectivity index (χ0n) is 12.0. The quantitative estimate of drug-likeness (QED) is 0.761. The Kier molecular flexibility index (Phi) is 4.74. The van der Waals surface area contributed by atoms with E-state index in [1.54, 1.807) is 0 Å². The molecule has 110 valence electrons. The Labute approximate surface area is 116 Å². The lowest BCUT2D eigenvalue weighted by atomic mass is 10.1. The van der Waals surface area contributed by atoms with Crippen molar-refractivity contribution in [3.05, 3.63) is 0 Å². The van der Waals surface area contributed by atoms with E-state index >= 15 is 0 Å². The molecule has 0 bridgehead atoms. The fourth-order valence-electron chi connectivity index (χ4n) is 3.99. The minimum atomic E-state index is -0.165. The molecule has 1 aliphatic carbocycles. The van der Waals surface area contributed by atoms with E-state index in [4.69, 9.17) is 4.74 Å². The lowest BCUT2D eigenvalue weighted by molar-refractivity contribution is -0.00628. The predicted molar refractivity (Wildman–Crippen MR) is 75.2 cm³/mol. The van der Waals surface area contributed by atoms with Crippen LogP contribution in [-0.4, -0.2) is 72.5 Å². The fraction of sp³-hybridized carbons (Fsp3) is 1.00. The van der Waals surface area contributed by atoms with Gasteiger partial charge < -0.3 is 9.84 Å². The highest BCUT2D eigenvalue weighted by Gasteiger charge is 2.38. The topological polar surface area (TPSA) is 35.9 Å². The molecule has 0 aromatic heterocycles. The fourth-order valence-corrected chi connectivity index (χ4v) is 3.99. The van der Waals surface area contributed by atoms with Crippen molar-refractivity contribution in [3.63, 3.8) is 0 Å². The third-order valence-electron chi connectivity index (χ3n) is 5.14. The zero-order chi connectivity index (χ0) is 13.1. The smallest absolute Gasteiger partial charge is 0.0834 e. The van der Waals surface area contributed by atoms with Gasteiger partial charge in [-0.25, -0.2) is 0 Å². The van der Waals surface area contributed by atoms with Gasteiger partial charge in [0.2, 0.25) is 0 Å². The molecule has 0 unspecified atom stereocenters. The summed E-state index contributed by atoms with van der Waals surface area (Å²) >= 11 is 0. The summed E-state index contributed by atoms with van der Waals surface area (Å²) in [7, 11) is 0. The first-order valence-corrected chi connectivity index (χ1v) is 8.08. The van der Waals surface area contributed by atoms with Crippen LogP contribution in [0.4, 0.5) is 0 Å². The number of hydrogen-bond donors (Lipinski definition) is 1. The van der Waals surface area contributed by atoms with Gasteiger partial charge in [0, 0.05) is 38.3 Å². The summed E-state index contributed by atoms with van der Waals surface area (Å²) in [5.41, 5.74) is 0. The van der Waals surface area contributed by atoms with Gasteiger partial charge >= 0.3 is 0 Å². The van der Waals surface area contributed by atoms with Crippen molar-refractivity contribution in [2.45, 2.75) is 56.7 Å². The van der Waals surface area contributed by atoms with Gasteiger partial charge in [0.05, 0.1) is 19.3 Å². The number of hydrogen-bond acceptors (Lipinski definition) is 4. The highest BCUT2D eigenvalue weighted by molar-refractivity contribution is 4.94. The average Bonchev–Trinajstić information content (AvgIpc) is 2.67. The maximum absolute atomic E-state index is 10.4. The molecule has 19 heavy (non-hydrogen) atoms. The molecule has 0 spiro atoms. The number of likely N-dealkylation sites (tertiary alicyclic amines) is 1. The maximum Gasteiger partial charge on any atom is 0.0834 e. The van der Waals surface area contributed by atoms with Crippen molar-refractivity contribution in [2.75, 3.05) is 39.4 Å². The van der Waals surface area contributed by atoms with Crippen LogP contribution in [0, 0.1) is 0 Å². The molecule has 2 aliphatic heterocycles. The van der Waals surface area contributed by atoms with Gasteiger partial charge in [0.15, 0.2) is 0 Å². The second kappa shape index (κ2) is 6.53. The van der Waals surface area contributed by atoms with Gasteiger partial charge in [0.25, 0.3) is 0 Å². The minimum Gasteiger partial charge on any atom is -0.390 e. The summed E-state index contributed by atoms with van der Waals surface area (Å²) in [6, 6.07) is 1.07. The Morgan fingerprint density at radius 3 is 2.21 bits per heavy atom.